The lowest BCUT2D eigenvalue weighted by Gasteiger charge is -2.32. The summed E-state index contributed by atoms with van der Waals surface area (Å²) in [4.78, 5) is 24.5. The summed E-state index contributed by atoms with van der Waals surface area (Å²) in [7, 11) is 0. The topological polar surface area (TPSA) is 58.6 Å². The summed E-state index contributed by atoms with van der Waals surface area (Å²) >= 11 is 0. The van der Waals surface area contributed by atoms with Crippen molar-refractivity contribution in [3.05, 3.63) is 0 Å². The molecule has 0 bridgehead atoms. The van der Waals surface area contributed by atoms with Crippen molar-refractivity contribution < 1.29 is 14.3 Å². The molecule has 2 atom stereocenters. The molecular formula is C9H14N2O3. The highest BCUT2D eigenvalue weighted by Crippen LogP contribution is 2.17. The van der Waals surface area contributed by atoms with Crippen molar-refractivity contribution >= 4 is 11.9 Å². The quantitative estimate of drug-likeness (QED) is 0.650. The van der Waals surface area contributed by atoms with Gasteiger partial charge in [0.25, 0.3) is 0 Å². The molecular weight excluding hydrogens is 184 g/mol. The Labute approximate surface area is 82.4 Å². The molecule has 3 amide bonds. The first-order valence-electron chi connectivity index (χ1n) is 4.89. The molecule has 2 heterocycles. The van der Waals surface area contributed by atoms with E-state index >= 15 is 0 Å². The van der Waals surface area contributed by atoms with Crippen molar-refractivity contribution in [1.82, 2.24) is 10.2 Å². The number of imide groups is 1. The number of hydrogen-bond acceptors (Lipinski definition) is 3. The average Bonchev–Trinajstić information content (AvgIpc) is 2.54. The Kier molecular flexibility index (Phi) is 2.41. The molecule has 5 nitrogen and oxygen atoms in total. The summed E-state index contributed by atoms with van der Waals surface area (Å²) in [5.74, 6) is -0.0863. The number of nitrogens with one attached hydrogen (secondary N) is 1. The van der Waals surface area contributed by atoms with Crippen LogP contribution in [0.3, 0.4) is 0 Å². The van der Waals surface area contributed by atoms with Crippen LogP contribution in [0.1, 0.15) is 19.8 Å². The predicted molar refractivity (Wildman–Crippen MR) is 48.7 cm³/mol. The molecule has 0 aromatic rings. The highest BCUT2D eigenvalue weighted by atomic mass is 16.5. The third kappa shape index (κ3) is 1.59. The Morgan fingerprint density at radius 2 is 2.29 bits per heavy atom. The Morgan fingerprint density at radius 3 is 2.86 bits per heavy atom. The third-order valence-corrected chi connectivity index (χ3v) is 2.61. The fraction of sp³-hybridized carbons (Fsp3) is 0.778. The van der Waals surface area contributed by atoms with Gasteiger partial charge in [0.2, 0.25) is 5.91 Å². The Hall–Kier alpha value is -1.10. The first-order chi connectivity index (χ1) is 6.68. The Morgan fingerprint density at radius 1 is 1.50 bits per heavy atom. The maximum atomic E-state index is 11.6. The van der Waals surface area contributed by atoms with Gasteiger partial charge in [0, 0.05) is 19.1 Å². The van der Waals surface area contributed by atoms with Gasteiger partial charge < -0.3 is 10.1 Å². The van der Waals surface area contributed by atoms with Crippen LogP contribution in [0.25, 0.3) is 0 Å². The molecule has 0 aromatic carbocycles. The molecule has 2 aliphatic heterocycles. The van der Waals surface area contributed by atoms with Crippen LogP contribution < -0.4 is 5.32 Å². The zero-order valence-electron chi connectivity index (χ0n) is 8.16. The minimum absolute atomic E-state index is 0.0476. The second-order valence-electron chi connectivity index (χ2n) is 3.84. The van der Waals surface area contributed by atoms with E-state index in [-0.39, 0.29) is 24.0 Å². The zero-order valence-corrected chi connectivity index (χ0v) is 8.16. The van der Waals surface area contributed by atoms with E-state index in [1.807, 2.05) is 6.92 Å². The lowest BCUT2D eigenvalue weighted by Crippen LogP contribution is -2.57. The molecule has 0 spiro atoms. The monoisotopic (exact) mass is 198 g/mol. The van der Waals surface area contributed by atoms with Crippen LogP contribution >= 0.6 is 0 Å². The lowest BCUT2D eigenvalue weighted by molar-refractivity contribution is -0.131. The molecule has 78 valence electrons. The normalized spacial score (nSPS) is 33.4. The number of ether oxygens (including phenoxy) is 1. The van der Waals surface area contributed by atoms with Crippen LogP contribution in [0.2, 0.25) is 0 Å². The number of hydrogen-bond donors (Lipinski definition) is 1. The Balaban J connectivity index is 2.08. The van der Waals surface area contributed by atoms with Crippen molar-refractivity contribution in [3.63, 3.8) is 0 Å². The number of carbonyl (C=O) groups excluding carboxylic acids is 2. The van der Waals surface area contributed by atoms with Crippen LogP contribution in [0.4, 0.5) is 4.79 Å². The van der Waals surface area contributed by atoms with E-state index in [1.54, 1.807) is 0 Å². The van der Waals surface area contributed by atoms with Gasteiger partial charge >= 0.3 is 6.03 Å². The van der Waals surface area contributed by atoms with Gasteiger partial charge in [-0.3, -0.25) is 9.69 Å². The number of rotatable bonds is 1. The number of amides is 3. The van der Waals surface area contributed by atoms with E-state index < -0.39 is 0 Å². The summed E-state index contributed by atoms with van der Waals surface area (Å²) in [6.45, 7) is 2.95. The number of nitrogens with zero attached hydrogens (tertiary/aromatic N) is 1. The standard InChI is InChI=1S/C9H14N2O3/c1-6-4-8(12)11(9(13)10-6)7-2-3-14-5-7/h6-7H,2-5H2,1H3,(H,10,13). The van der Waals surface area contributed by atoms with Crippen molar-refractivity contribution in [3.8, 4) is 0 Å². The van der Waals surface area contributed by atoms with Crippen LogP contribution in [0, 0.1) is 0 Å². The van der Waals surface area contributed by atoms with Crippen molar-refractivity contribution in [2.45, 2.75) is 31.8 Å². The van der Waals surface area contributed by atoms with Gasteiger partial charge in [-0.2, -0.15) is 0 Å². The average molecular weight is 198 g/mol. The fourth-order valence-corrected chi connectivity index (χ4v) is 1.90. The summed E-state index contributed by atoms with van der Waals surface area (Å²) in [6, 6.07) is -0.382. The van der Waals surface area contributed by atoms with Crippen molar-refractivity contribution in [1.29, 1.82) is 0 Å². The van der Waals surface area contributed by atoms with Crippen molar-refractivity contribution in [2.75, 3.05) is 13.2 Å². The fourth-order valence-electron chi connectivity index (χ4n) is 1.90. The van der Waals surface area contributed by atoms with Crippen LogP contribution in [-0.2, 0) is 9.53 Å². The highest BCUT2D eigenvalue weighted by molar-refractivity contribution is 5.97. The maximum Gasteiger partial charge on any atom is 0.324 e. The summed E-state index contributed by atoms with van der Waals surface area (Å²) in [5.41, 5.74) is 0. The molecule has 2 fully saturated rings. The molecule has 0 aliphatic carbocycles. The van der Waals surface area contributed by atoms with E-state index in [9.17, 15) is 9.59 Å². The van der Waals surface area contributed by atoms with E-state index in [2.05, 4.69) is 5.32 Å². The molecule has 0 radical (unpaired) electrons. The summed E-state index contributed by atoms with van der Waals surface area (Å²) in [6.07, 6.45) is 1.15. The first kappa shape index (κ1) is 9.45. The van der Waals surface area contributed by atoms with E-state index in [4.69, 9.17) is 4.74 Å². The third-order valence-electron chi connectivity index (χ3n) is 2.61. The summed E-state index contributed by atoms with van der Waals surface area (Å²) in [5, 5.41) is 2.75. The van der Waals surface area contributed by atoms with E-state index in [0.717, 1.165) is 6.42 Å². The molecule has 0 aromatic heterocycles. The first-order valence-corrected chi connectivity index (χ1v) is 4.89. The predicted octanol–water partition coefficient (Wildman–Crippen LogP) is 0.106. The van der Waals surface area contributed by atoms with Gasteiger partial charge in [-0.1, -0.05) is 0 Å². The lowest BCUT2D eigenvalue weighted by atomic mass is 10.1. The highest BCUT2D eigenvalue weighted by Gasteiger charge is 2.36. The van der Waals surface area contributed by atoms with Crippen molar-refractivity contribution in [2.24, 2.45) is 0 Å². The Bertz CT molecular complexity index is 243. The number of urea groups is 1. The molecule has 14 heavy (non-hydrogen) atoms. The molecule has 0 saturated carbocycles. The van der Waals surface area contributed by atoms with Gasteiger partial charge in [0.1, 0.15) is 0 Å². The molecule has 2 rings (SSSR count). The van der Waals surface area contributed by atoms with Crippen LogP contribution in [0.5, 0.6) is 0 Å². The minimum atomic E-state index is -0.274. The minimum Gasteiger partial charge on any atom is -0.379 e. The second-order valence-corrected chi connectivity index (χ2v) is 3.84. The van der Waals surface area contributed by atoms with Gasteiger partial charge in [-0.05, 0) is 13.3 Å². The number of carbonyl (C=O) groups is 2. The molecule has 5 heteroatoms. The maximum absolute atomic E-state index is 11.6. The van der Waals surface area contributed by atoms with Crippen LogP contribution in [-0.4, -0.2) is 42.1 Å². The van der Waals surface area contributed by atoms with Gasteiger partial charge in [0.05, 0.1) is 12.6 Å². The smallest absolute Gasteiger partial charge is 0.324 e. The van der Waals surface area contributed by atoms with Gasteiger partial charge in [-0.15, -0.1) is 0 Å². The van der Waals surface area contributed by atoms with E-state index in [0.29, 0.717) is 19.6 Å². The molecule has 2 unspecified atom stereocenters. The largest absolute Gasteiger partial charge is 0.379 e. The van der Waals surface area contributed by atoms with Gasteiger partial charge in [0.15, 0.2) is 0 Å². The molecule has 1 N–H and O–H groups in total. The van der Waals surface area contributed by atoms with Gasteiger partial charge in [-0.25, -0.2) is 4.79 Å². The zero-order chi connectivity index (χ0) is 10.1. The van der Waals surface area contributed by atoms with E-state index in [1.165, 1.54) is 4.90 Å². The van der Waals surface area contributed by atoms with Crippen LogP contribution in [0.15, 0.2) is 0 Å². The molecule has 2 saturated heterocycles. The second kappa shape index (κ2) is 3.57. The summed E-state index contributed by atoms with van der Waals surface area (Å²) < 4.78 is 5.16. The molecule has 2 aliphatic rings. The SMILES string of the molecule is CC1CC(=O)N(C2CCOC2)C(=O)N1.